The molecule has 0 spiro atoms. The zero-order valence-corrected chi connectivity index (χ0v) is 14.2. The molecular formula is C17H14BrClN2O. The smallest absolute Gasteiger partial charge is 0.151 e. The van der Waals surface area contributed by atoms with E-state index in [1.54, 1.807) is 6.21 Å². The maximum Gasteiger partial charge on any atom is 0.151 e. The minimum atomic E-state index is 0.107. The van der Waals surface area contributed by atoms with Crippen molar-refractivity contribution in [1.29, 1.82) is 0 Å². The second kappa shape index (κ2) is 6.15. The molecule has 0 bridgehead atoms. The van der Waals surface area contributed by atoms with Gasteiger partial charge in [0.15, 0.2) is 5.75 Å². The van der Waals surface area contributed by atoms with Crippen LogP contribution in [0.5, 0.6) is 5.75 Å². The predicted molar refractivity (Wildman–Crippen MR) is 95.7 cm³/mol. The number of H-pyrrole nitrogens is 1. The van der Waals surface area contributed by atoms with Crippen LogP contribution in [0.4, 0.5) is 5.69 Å². The molecule has 3 rings (SSSR count). The summed E-state index contributed by atoms with van der Waals surface area (Å²) in [6, 6.07) is 11.7. The average Bonchev–Trinajstić information content (AvgIpc) is 2.86. The van der Waals surface area contributed by atoms with Crippen molar-refractivity contribution in [3.63, 3.8) is 0 Å². The standard InChI is InChI=1S/C17H14BrClN2O/c1-2-10-3-5-11(6-4-10)20-9-14-17(22)15-13(21-14)8-7-12(18)16(15)19/h3-9,21-22H,2H2,1H3. The van der Waals surface area contributed by atoms with Gasteiger partial charge in [0.05, 0.1) is 27.8 Å². The number of halogens is 2. The van der Waals surface area contributed by atoms with Gasteiger partial charge in [0.2, 0.25) is 0 Å². The fourth-order valence-electron chi connectivity index (χ4n) is 2.28. The van der Waals surface area contributed by atoms with Crippen molar-refractivity contribution in [3.8, 4) is 5.75 Å². The second-order valence-corrected chi connectivity index (χ2v) is 6.18. The Balaban J connectivity index is 1.98. The number of aryl methyl sites for hydroxylation is 1. The molecule has 0 fully saturated rings. The number of aromatic nitrogens is 1. The summed E-state index contributed by atoms with van der Waals surface area (Å²) in [5.74, 6) is 0.107. The molecule has 0 aliphatic rings. The van der Waals surface area contributed by atoms with Gasteiger partial charge < -0.3 is 10.1 Å². The van der Waals surface area contributed by atoms with Crippen molar-refractivity contribution in [1.82, 2.24) is 4.98 Å². The first-order valence-electron chi connectivity index (χ1n) is 6.91. The van der Waals surface area contributed by atoms with Crippen molar-refractivity contribution in [3.05, 3.63) is 57.2 Å². The number of aromatic amines is 1. The number of nitrogens with zero attached hydrogens (tertiary/aromatic N) is 1. The number of aliphatic imine (C=N–C) groups is 1. The van der Waals surface area contributed by atoms with Gasteiger partial charge in [0.25, 0.3) is 0 Å². The molecule has 112 valence electrons. The molecule has 2 aromatic carbocycles. The topological polar surface area (TPSA) is 48.4 Å². The third-order valence-electron chi connectivity index (χ3n) is 3.54. The maximum absolute atomic E-state index is 10.3. The maximum atomic E-state index is 10.3. The summed E-state index contributed by atoms with van der Waals surface area (Å²) in [7, 11) is 0. The summed E-state index contributed by atoms with van der Waals surface area (Å²) in [4.78, 5) is 7.51. The van der Waals surface area contributed by atoms with E-state index in [0.29, 0.717) is 16.1 Å². The molecule has 0 saturated heterocycles. The fraction of sp³-hybridized carbons (Fsp3) is 0.118. The van der Waals surface area contributed by atoms with E-state index in [-0.39, 0.29) is 5.75 Å². The molecule has 0 saturated carbocycles. The Morgan fingerprint density at radius 1 is 1.23 bits per heavy atom. The van der Waals surface area contributed by atoms with E-state index in [1.165, 1.54) is 5.56 Å². The Morgan fingerprint density at radius 2 is 1.95 bits per heavy atom. The van der Waals surface area contributed by atoms with E-state index >= 15 is 0 Å². The normalized spacial score (nSPS) is 11.6. The van der Waals surface area contributed by atoms with Gasteiger partial charge in [-0.25, -0.2) is 0 Å². The highest BCUT2D eigenvalue weighted by Gasteiger charge is 2.13. The van der Waals surface area contributed by atoms with Crippen LogP contribution in [0.3, 0.4) is 0 Å². The van der Waals surface area contributed by atoms with Crippen molar-refractivity contribution in [2.45, 2.75) is 13.3 Å². The second-order valence-electron chi connectivity index (χ2n) is 4.95. The van der Waals surface area contributed by atoms with Crippen LogP contribution in [-0.2, 0) is 6.42 Å². The monoisotopic (exact) mass is 376 g/mol. The van der Waals surface area contributed by atoms with E-state index in [1.807, 2.05) is 36.4 Å². The summed E-state index contributed by atoms with van der Waals surface area (Å²) in [6.07, 6.45) is 2.61. The number of fused-ring (bicyclic) bond motifs is 1. The van der Waals surface area contributed by atoms with Gasteiger partial charge in [-0.05, 0) is 52.2 Å². The van der Waals surface area contributed by atoms with Gasteiger partial charge >= 0.3 is 0 Å². The molecule has 1 aromatic heterocycles. The van der Waals surface area contributed by atoms with Crippen LogP contribution < -0.4 is 0 Å². The van der Waals surface area contributed by atoms with Gasteiger partial charge in [-0.1, -0.05) is 30.7 Å². The third kappa shape index (κ3) is 2.76. The molecule has 1 heterocycles. The minimum Gasteiger partial charge on any atom is -0.505 e. The van der Waals surface area contributed by atoms with E-state index in [2.05, 4.69) is 32.8 Å². The largest absolute Gasteiger partial charge is 0.505 e. The van der Waals surface area contributed by atoms with Gasteiger partial charge in [-0.3, -0.25) is 4.99 Å². The lowest BCUT2D eigenvalue weighted by Crippen LogP contribution is -1.81. The van der Waals surface area contributed by atoms with Crippen LogP contribution in [0.2, 0.25) is 5.02 Å². The Bertz CT molecular complexity index is 853. The van der Waals surface area contributed by atoms with Gasteiger partial charge in [0, 0.05) is 4.47 Å². The molecule has 2 N–H and O–H groups in total. The summed E-state index contributed by atoms with van der Waals surface area (Å²) in [6.45, 7) is 2.11. The number of hydrogen-bond donors (Lipinski definition) is 2. The summed E-state index contributed by atoms with van der Waals surface area (Å²) in [5, 5.41) is 11.4. The average molecular weight is 378 g/mol. The highest BCUT2D eigenvalue weighted by molar-refractivity contribution is 9.10. The Labute approximate surface area is 141 Å². The molecule has 3 aromatic rings. The number of aromatic hydroxyl groups is 1. The molecule has 5 heteroatoms. The summed E-state index contributed by atoms with van der Waals surface area (Å²) < 4.78 is 0.745. The zero-order valence-electron chi connectivity index (χ0n) is 11.9. The zero-order chi connectivity index (χ0) is 15.7. The van der Waals surface area contributed by atoms with E-state index in [4.69, 9.17) is 11.6 Å². The van der Waals surface area contributed by atoms with Gasteiger partial charge in [-0.2, -0.15) is 0 Å². The lowest BCUT2D eigenvalue weighted by Gasteiger charge is -1.98. The van der Waals surface area contributed by atoms with Crippen molar-refractivity contribution >= 4 is 50.3 Å². The molecule has 0 radical (unpaired) electrons. The predicted octanol–water partition coefficient (Wildman–Crippen LogP) is 5.60. The minimum absolute atomic E-state index is 0.107. The molecule has 22 heavy (non-hydrogen) atoms. The van der Waals surface area contributed by atoms with Crippen molar-refractivity contribution in [2.24, 2.45) is 4.99 Å². The third-order valence-corrected chi connectivity index (χ3v) is 4.83. The van der Waals surface area contributed by atoms with Gasteiger partial charge in [-0.15, -0.1) is 0 Å². The molecular weight excluding hydrogens is 364 g/mol. The van der Waals surface area contributed by atoms with Gasteiger partial charge in [0.1, 0.15) is 5.69 Å². The molecule has 0 unspecified atom stereocenters. The highest BCUT2D eigenvalue weighted by Crippen LogP contribution is 2.38. The number of hydrogen-bond acceptors (Lipinski definition) is 2. The fourth-order valence-corrected chi connectivity index (χ4v) is 2.86. The van der Waals surface area contributed by atoms with Crippen LogP contribution in [0, 0.1) is 0 Å². The highest BCUT2D eigenvalue weighted by atomic mass is 79.9. The SMILES string of the molecule is CCc1ccc(N=Cc2[nH]c3ccc(Br)c(Cl)c3c2O)cc1. The number of rotatable bonds is 3. The lowest BCUT2D eigenvalue weighted by molar-refractivity contribution is 0.480. The quantitative estimate of drug-likeness (QED) is 0.573. The number of benzene rings is 2. The number of nitrogens with one attached hydrogen (secondary N) is 1. The van der Waals surface area contributed by atoms with E-state index in [9.17, 15) is 5.11 Å². The van der Waals surface area contributed by atoms with E-state index < -0.39 is 0 Å². The Morgan fingerprint density at radius 3 is 2.64 bits per heavy atom. The first kappa shape index (κ1) is 15.1. The van der Waals surface area contributed by atoms with Crippen LogP contribution in [0.1, 0.15) is 18.2 Å². The Kier molecular flexibility index (Phi) is 4.23. The van der Waals surface area contributed by atoms with Crippen LogP contribution in [-0.4, -0.2) is 16.3 Å². The van der Waals surface area contributed by atoms with Crippen molar-refractivity contribution in [2.75, 3.05) is 0 Å². The molecule has 0 aliphatic heterocycles. The molecule has 0 aliphatic carbocycles. The molecule has 0 amide bonds. The van der Waals surface area contributed by atoms with Crippen LogP contribution in [0.25, 0.3) is 10.9 Å². The molecule has 3 nitrogen and oxygen atoms in total. The van der Waals surface area contributed by atoms with Crippen molar-refractivity contribution < 1.29 is 5.11 Å². The summed E-state index contributed by atoms with van der Waals surface area (Å²) >= 11 is 9.58. The lowest BCUT2D eigenvalue weighted by atomic mass is 10.1. The molecule has 0 atom stereocenters. The van der Waals surface area contributed by atoms with Crippen LogP contribution in [0.15, 0.2) is 45.9 Å². The summed E-state index contributed by atoms with van der Waals surface area (Å²) in [5.41, 5.74) is 3.41. The first-order chi connectivity index (χ1) is 10.6. The van der Waals surface area contributed by atoms with Crippen LogP contribution >= 0.6 is 27.5 Å². The van der Waals surface area contributed by atoms with E-state index in [0.717, 1.165) is 22.1 Å². The Hall–Kier alpha value is -1.78. The first-order valence-corrected chi connectivity index (χ1v) is 8.09.